The van der Waals surface area contributed by atoms with E-state index >= 15 is 0 Å². The second kappa shape index (κ2) is 4.51. The van der Waals surface area contributed by atoms with Gasteiger partial charge in [-0.1, -0.05) is 22.0 Å². The molecule has 0 aliphatic rings. The zero-order valence-electron chi connectivity index (χ0n) is 8.46. The predicted octanol–water partition coefficient (Wildman–Crippen LogP) is 4.94. The molecule has 0 aliphatic heterocycles. The Balaban J connectivity index is 3.23. The van der Waals surface area contributed by atoms with Crippen LogP contribution in [0.15, 0.2) is 18.2 Å². The van der Waals surface area contributed by atoms with E-state index in [4.69, 9.17) is 0 Å². The summed E-state index contributed by atoms with van der Waals surface area (Å²) < 4.78 is 75.8. The topological polar surface area (TPSA) is 0 Å². The fourth-order valence-electron chi connectivity index (χ4n) is 1.21. The first-order valence-corrected chi connectivity index (χ1v) is 5.33. The van der Waals surface area contributed by atoms with Crippen molar-refractivity contribution in [1.82, 2.24) is 0 Å². The fraction of sp³-hybridized carbons (Fsp3) is 0.400. The number of halogens is 7. The second-order valence-electron chi connectivity index (χ2n) is 3.56. The molecule has 0 nitrogen and oxygen atoms in total. The lowest BCUT2D eigenvalue weighted by atomic mass is 10.0. The van der Waals surface area contributed by atoms with E-state index < -0.39 is 28.3 Å². The molecule has 0 fully saturated rings. The van der Waals surface area contributed by atoms with E-state index in [2.05, 4.69) is 15.9 Å². The molecule has 1 unspecified atom stereocenters. The van der Waals surface area contributed by atoms with Gasteiger partial charge in [-0.2, -0.15) is 13.2 Å². The third-order valence-corrected chi connectivity index (χ3v) is 3.37. The van der Waals surface area contributed by atoms with Crippen LogP contribution in [0.5, 0.6) is 0 Å². The van der Waals surface area contributed by atoms with Crippen molar-refractivity contribution >= 4 is 15.9 Å². The van der Waals surface area contributed by atoms with Gasteiger partial charge in [-0.25, -0.2) is 13.2 Å². The summed E-state index contributed by atoms with van der Waals surface area (Å²) in [6, 6.07) is 1.80. The van der Waals surface area contributed by atoms with Gasteiger partial charge in [-0.15, -0.1) is 0 Å². The molecule has 7 heteroatoms. The van der Waals surface area contributed by atoms with Crippen LogP contribution in [0.25, 0.3) is 0 Å². The fourth-order valence-corrected chi connectivity index (χ4v) is 1.50. The minimum absolute atomic E-state index is 0.328. The summed E-state index contributed by atoms with van der Waals surface area (Å²) in [5, 5.41) is 0. The van der Waals surface area contributed by atoms with Gasteiger partial charge in [0, 0.05) is 6.92 Å². The van der Waals surface area contributed by atoms with Crippen LogP contribution in [0.2, 0.25) is 0 Å². The molecule has 0 aromatic heterocycles. The molecule has 1 rings (SSSR count). The number of hydrogen-bond acceptors (Lipinski definition) is 0. The standard InChI is InChI=1S/C10H7BrF6/c1-9(13,14)8(11)5-2-3-7(12)6(4-5)10(15,16)17/h2-4,8H,1H3. The van der Waals surface area contributed by atoms with Crippen molar-refractivity contribution in [2.24, 2.45) is 0 Å². The van der Waals surface area contributed by atoms with Gasteiger partial charge in [0.15, 0.2) is 0 Å². The van der Waals surface area contributed by atoms with Crippen LogP contribution >= 0.6 is 15.9 Å². The zero-order valence-corrected chi connectivity index (χ0v) is 10.0. The van der Waals surface area contributed by atoms with Crippen molar-refractivity contribution < 1.29 is 26.3 Å². The van der Waals surface area contributed by atoms with Gasteiger partial charge < -0.3 is 0 Å². The normalized spacial score (nSPS) is 14.8. The molecule has 0 amide bonds. The van der Waals surface area contributed by atoms with Crippen molar-refractivity contribution in [3.63, 3.8) is 0 Å². The smallest absolute Gasteiger partial charge is 0.206 e. The Kier molecular flexibility index (Phi) is 3.81. The van der Waals surface area contributed by atoms with Crippen LogP contribution in [-0.2, 0) is 6.18 Å². The third-order valence-electron chi connectivity index (χ3n) is 2.03. The molecule has 1 atom stereocenters. The molecule has 0 N–H and O–H groups in total. The first kappa shape index (κ1) is 14.3. The molecule has 96 valence electrons. The minimum atomic E-state index is -4.91. The first-order chi connectivity index (χ1) is 7.53. The number of alkyl halides is 6. The van der Waals surface area contributed by atoms with E-state index in [1.807, 2.05) is 0 Å². The van der Waals surface area contributed by atoms with E-state index in [0.717, 1.165) is 6.07 Å². The van der Waals surface area contributed by atoms with Gasteiger partial charge in [0.05, 0.1) is 5.56 Å². The van der Waals surface area contributed by atoms with Crippen LogP contribution in [-0.4, -0.2) is 5.92 Å². The van der Waals surface area contributed by atoms with Gasteiger partial charge in [0.2, 0.25) is 0 Å². The number of rotatable bonds is 2. The van der Waals surface area contributed by atoms with Crippen LogP contribution in [0.1, 0.15) is 22.9 Å². The van der Waals surface area contributed by atoms with Crippen molar-refractivity contribution in [3.8, 4) is 0 Å². The van der Waals surface area contributed by atoms with Crippen molar-refractivity contribution in [2.45, 2.75) is 23.8 Å². The lowest BCUT2D eigenvalue weighted by Gasteiger charge is -2.19. The summed E-state index contributed by atoms with van der Waals surface area (Å²) in [5.41, 5.74) is -1.88. The molecule has 1 aromatic carbocycles. The first-order valence-electron chi connectivity index (χ1n) is 4.42. The van der Waals surface area contributed by atoms with Crippen LogP contribution < -0.4 is 0 Å². The highest BCUT2D eigenvalue weighted by Gasteiger charge is 2.38. The highest BCUT2D eigenvalue weighted by atomic mass is 79.9. The van der Waals surface area contributed by atoms with Gasteiger partial charge >= 0.3 is 6.18 Å². The van der Waals surface area contributed by atoms with E-state index in [-0.39, 0.29) is 5.56 Å². The Morgan fingerprint density at radius 2 is 1.65 bits per heavy atom. The molecule has 0 aliphatic carbocycles. The Morgan fingerprint density at radius 3 is 2.06 bits per heavy atom. The summed E-state index contributed by atoms with van der Waals surface area (Å²) in [5.74, 6) is -4.74. The highest BCUT2D eigenvalue weighted by Crippen LogP contribution is 2.40. The highest BCUT2D eigenvalue weighted by molar-refractivity contribution is 9.09. The largest absolute Gasteiger partial charge is 0.419 e. The van der Waals surface area contributed by atoms with Gasteiger partial charge in [0.25, 0.3) is 5.92 Å². The van der Waals surface area contributed by atoms with Crippen molar-refractivity contribution in [1.29, 1.82) is 0 Å². The lowest BCUT2D eigenvalue weighted by Crippen LogP contribution is -2.18. The third kappa shape index (κ3) is 3.37. The zero-order chi connectivity index (χ0) is 13.4. The van der Waals surface area contributed by atoms with E-state index in [9.17, 15) is 26.3 Å². The van der Waals surface area contributed by atoms with Gasteiger partial charge in [-0.05, 0) is 17.7 Å². The van der Waals surface area contributed by atoms with Gasteiger partial charge in [-0.3, -0.25) is 0 Å². The van der Waals surface area contributed by atoms with Gasteiger partial charge in [0.1, 0.15) is 10.6 Å². The summed E-state index contributed by atoms with van der Waals surface area (Å²) in [4.78, 5) is -1.60. The molecule has 0 bridgehead atoms. The van der Waals surface area contributed by atoms with Crippen molar-refractivity contribution in [2.75, 3.05) is 0 Å². The molecule has 0 heterocycles. The maximum atomic E-state index is 12.9. The summed E-state index contributed by atoms with van der Waals surface area (Å²) in [6.07, 6.45) is -4.91. The Labute approximate surface area is 102 Å². The molecular weight excluding hydrogens is 314 g/mol. The Morgan fingerprint density at radius 1 is 1.12 bits per heavy atom. The maximum absolute atomic E-state index is 12.9. The van der Waals surface area contributed by atoms with Crippen LogP contribution in [0, 0.1) is 5.82 Å². The molecule has 17 heavy (non-hydrogen) atoms. The lowest BCUT2D eigenvalue weighted by molar-refractivity contribution is -0.140. The Bertz CT molecular complexity index is 406. The molecular formula is C10H7BrF6. The predicted molar refractivity (Wildman–Crippen MR) is 53.7 cm³/mol. The molecule has 1 aromatic rings. The Hall–Kier alpha value is -0.720. The molecule has 0 spiro atoms. The summed E-state index contributed by atoms with van der Waals surface area (Å²) >= 11 is 2.59. The molecule has 0 saturated heterocycles. The summed E-state index contributed by atoms with van der Waals surface area (Å²) in [7, 11) is 0. The maximum Gasteiger partial charge on any atom is 0.419 e. The number of benzene rings is 1. The van der Waals surface area contributed by atoms with Crippen LogP contribution in [0.3, 0.4) is 0 Å². The minimum Gasteiger partial charge on any atom is -0.206 e. The van der Waals surface area contributed by atoms with E-state index in [1.165, 1.54) is 0 Å². The number of hydrogen-bond donors (Lipinski definition) is 0. The average molecular weight is 321 g/mol. The SMILES string of the molecule is CC(F)(F)C(Br)c1ccc(F)c(C(F)(F)F)c1. The monoisotopic (exact) mass is 320 g/mol. The molecule has 0 radical (unpaired) electrons. The van der Waals surface area contributed by atoms with E-state index in [0.29, 0.717) is 19.1 Å². The quantitative estimate of drug-likeness (QED) is 0.535. The van der Waals surface area contributed by atoms with E-state index in [1.54, 1.807) is 0 Å². The average Bonchev–Trinajstić information content (AvgIpc) is 2.14. The van der Waals surface area contributed by atoms with Crippen molar-refractivity contribution in [3.05, 3.63) is 35.1 Å². The summed E-state index contributed by atoms with van der Waals surface area (Å²) in [6.45, 7) is 0.559. The second-order valence-corrected chi connectivity index (χ2v) is 4.47. The van der Waals surface area contributed by atoms with Crippen LogP contribution in [0.4, 0.5) is 26.3 Å². The molecule has 0 saturated carbocycles.